The zero-order chi connectivity index (χ0) is 13.4. The van der Waals surface area contributed by atoms with Crippen molar-refractivity contribution in [3.05, 3.63) is 0 Å². The summed E-state index contributed by atoms with van der Waals surface area (Å²) in [5, 5.41) is 2.85. The molecule has 6 heteroatoms. The van der Waals surface area contributed by atoms with Gasteiger partial charge in [-0.05, 0) is 25.7 Å². The van der Waals surface area contributed by atoms with Gasteiger partial charge in [-0.25, -0.2) is 0 Å². The van der Waals surface area contributed by atoms with Gasteiger partial charge in [0, 0.05) is 7.05 Å². The van der Waals surface area contributed by atoms with Gasteiger partial charge in [0.05, 0.1) is 13.2 Å². The summed E-state index contributed by atoms with van der Waals surface area (Å²) in [5.41, 5.74) is 0. The smallest absolute Gasteiger partial charge is 0.324 e. The molecule has 0 aliphatic carbocycles. The van der Waals surface area contributed by atoms with Crippen LogP contribution >= 0.6 is 0 Å². The van der Waals surface area contributed by atoms with Crippen molar-refractivity contribution >= 4 is 5.95 Å². The van der Waals surface area contributed by atoms with E-state index in [0.29, 0.717) is 31.1 Å². The Morgan fingerprint density at radius 3 is 2.33 bits per heavy atom. The van der Waals surface area contributed by atoms with Crippen LogP contribution in [0.25, 0.3) is 0 Å². The van der Waals surface area contributed by atoms with Gasteiger partial charge in [-0.3, -0.25) is 0 Å². The monoisotopic (exact) mass is 254 g/mol. The van der Waals surface area contributed by atoms with Crippen LogP contribution in [0.2, 0.25) is 0 Å². The predicted molar refractivity (Wildman–Crippen MR) is 70.1 cm³/mol. The summed E-state index contributed by atoms with van der Waals surface area (Å²) in [7, 11) is 1.74. The molecule has 1 aromatic heterocycles. The molecule has 0 radical (unpaired) electrons. The molecule has 1 N–H and O–H groups in total. The first-order chi connectivity index (χ1) is 8.65. The first-order valence-corrected chi connectivity index (χ1v) is 6.35. The minimum Gasteiger partial charge on any atom is -0.464 e. The molecule has 1 aromatic rings. The summed E-state index contributed by atoms with van der Waals surface area (Å²) in [5.74, 6) is 1.13. The fourth-order valence-corrected chi connectivity index (χ4v) is 1.36. The molecule has 0 aliphatic heterocycles. The van der Waals surface area contributed by atoms with Crippen LogP contribution in [0, 0.1) is 5.92 Å². The van der Waals surface area contributed by atoms with E-state index in [0.717, 1.165) is 12.8 Å². The molecule has 0 aromatic carbocycles. The van der Waals surface area contributed by atoms with Crippen molar-refractivity contribution in [2.24, 2.45) is 5.92 Å². The standard InChI is InChI=1S/C12H22N4O2/c1-5-17-11-14-10(13-4)15-12(16-11)18-8-6-7-9(2)3/h9H,5-8H2,1-4H3,(H,13,14,15,16). The second kappa shape index (κ2) is 7.68. The van der Waals surface area contributed by atoms with Gasteiger partial charge in [0.1, 0.15) is 0 Å². The fraction of sp³-hybridized carbons (Fsp3) is 0.750. The SMILES string of the molecule is CCOc1nc(NC)nc(OCCCC(C)C)n1. The lowest BCUT2D eigenvalue weighted by Gasteiger charge is -2.08. The number of hydrogen-bond donors (Lipinski definition) is 1. The third kappa shape index (κ3) is 5.16. The van der Waals surface area contributed by atoms with Crippen LogP contribution in [0.15, 0.2) is 0 Å². The van der Waals surface area contributed by atoms with Gasteiger partial charge >= 0.3 is 12.0 Å². The number of aromatic nitrogens is 3. The van der Waals surface area contributed by atoms with Crippen molar-refractivity contribution in [2.75, 3.05) is 25.6 Å². The summed E-state index contributed by atoms with van der Waals surface area (Å²) in [4.78, 5) is 12.3. The molecule has 1 heterocycles. The van der Waals surface area contributed by atoms with Gasteiger partial charge in [-0.2, -0.15) is 9.97 Å². The van der Waals surface area contributed by atoms with E-state index in [1.807, 2.05) is 6.92 Å². The van der Waals surface area contributed by atoms with Crippen molar-refractivity contribution in [1.82, 2.24) is 15.0 Å². The van der Waals surface area contributed by atoms with Crippen molar-refractivity contribution < 1.29 is 9.47 Å². The summed E-state index contributed by atoms with van der Waals surface area (Å²) in [6.07, 6.45) is 2.12. The molecule has 1 rings (SSSR count). The number of nitrogens with one attached hydrogen (secondary N) is 1. The number of hydrogen-bond acceptors (Lipinski definition) is 6. The number of rotatable bonds is 8. The Morgan fingerprint density at radius 2 is 1.78 bits per heavy atom. The van der Waals surface area contributed by atoms with Gasteiger partial charge in [0.15, 0.2) is 0 Å². The number of anilines is 1. The molecule has 6 nitrogen and oxygen atoms in total. The molecule has 0 saturated carbocycles. The molecule has 0 unspecified atom stereocenters. The molecule has 0 saturated heterocycles. The van der Waals surface area contributed by atoms with E-state index in [2.05, 4.69) is 34.1 Å². The first-order valence-electron chi connectivity index (χ1n) is 6.35. The Kier molecular flexibility index (Phi) is 6.18. The van der Waals surface area contributed by atoms with Crippen LogP contribution in [0.3, 0.4) is 0 Å². The van der Waals surface area contributed by atoms with Crippen molar-refractivity contribution in [2.45, 2.75) is 33.6 Å². The highest BCUT2D eigenvalue weighted by molar-refractivity contribution is 5.26. The average Bonchev–Trinajstić information content (AvgIpc) is 2.34. The summed E-state index contributed by atoms with van der Waals surface area (Å²) < 4.78 is 10.8. The Morgan fingerprint density at radius 1 is 1.11 bits per heavy atom. The quantitative estimate of drug-likeness (QED) is 0.717. The molecule has 0 spiro atoms. The number of ether oxygens (including phenoxy) is 2. The van der Waals surface area contributed by atoms with E-state index in [1.54, 1.807) is 7.05 Å². The Hall–Kier alpha value is -1.59. The molecule has 0 amide bonds. The van der Waals surface area contributed by atoms with Crippen LogP contribution < -0.4 is 14.8 Å². The van der Waals surface area contributed by atoms with E-state index in [1.165, 1.54) is 0 Å². The molecular weight excluding hydrogens is 232 g/mol. The van der Waals surface area contributed by atoms with Crippen molar-refractivity contribution in [3.8, 4) is 12.0 Å². The molecule has 102 valence electrons. The molecular formula is C12H22N4O2. The van der Waals surface area contributed by atoms with Gasteiger partial charge < -0.3 is 14.8 Å². The van der Waals surface area contributed by atoms with Gasteiger partial charge in [-0.1, -0.05) is 13.8 Å². The van der Waals surface area contributed by atoms with E-state index in [9.17, 15) is 0 Å². The van der Waals surface area contributed by atoms with Gasteiger partial charge in [0.25, 0.3) is 0 Å². The van der Waals surface area contributed by atoms with Crippen LogP contribution in [-0.2, 0) is 0 Å². The highest BCUT2D eigenvalue weighted by Gasteiger charge is 2.07. The lowest BCUT2D eigenvalue weighted by atomic mass is 10.1. The average molecular weight is 254 g/mol. The van der Waals surface area contributed by atoms with Crippen LogP contribution in [0.1, 0.15) is 33.6 Å². The lowest BCUT2D eigenvalue weighted by molar-refractivity contribution is 0.259. The summed E-state index contributed by atoms with van der Waals surface area (Å²) >= 11 is 0. The minimum absolute atomic E-state index is 0.288. The Balaban J connectivity index is 2.55. The summed E-state index contributed by atoms with van der Waals surface area (Å²) in [6.45, 7) is 7.38. The largest absolute Gasteiger partial charge is 0.464 e. The minimum atomic E-state index is 0.288. The van der Waals surface area contributed by atoms with Crippen LogP contribution in [0.5, 0.6) is 12.0 Å². The Labute approximate surface area is 108 Å². The third-order valence-corrected chi connectivity index (χ3v) is 2.25. The van der Waals surface area contributed by atoms with Crippen LogP contribution in [0.4, 0.5) is 5.95 Å². The highest BCUT2D eigenvalue weighted by atomic mass is 16.5. The van der Waals surface area contributed by atoms with E-state index in [4.69, 9.17) is 9.47 Å². The first kappa shape index (κ1) is 14.5. The van der Waals surface area contributed by atoms with Crippen molar-refractivity contribution in [3.63, 3.8) is 0 Å². The van der Waals surface area contributed by atoms with Gasteiger partial charge in [-0.15, -0.1) is 4.98 Å². The normalized spacial score (nSPS) is 10.5. The zero-order valence-corrected chi connectivity index (χ0v) is 11.6. The predicted octanol–water partition coefficient (Wildman–Crippen LogP) is 2.13. The molecule has 0 bridgehead atoms. The van der Waals surface area contributed by atoms with Crippen molar-refractivity contribution in [1.29, 1.82) is 0 Å². The molecule has 0 atom stereocenters. The van der Waals surface area contributed by atoms with E-state index >= 15 is 0 Å². The number of nitrogens with zero attached hydrogens (tertiary/aromatic N) is 3. The zero-order valence-electron chi connectivity index (χ0n) is 11.6. The molecule has 18 heavy (non-hydrogen) atoms. The van der Waals surface area contributed by atoms with E-state index < -0.39 is 0 Å². The third-order valence-electron chi connectivity index (χ3n) is 2.25. The molecule has 0 aliphatic rings. The van der Waals surface area contributed by atoms with Crippen LogP contribution in [-0.4, -0.2) is 35.2 Å². The maximum atomic E-state index is 5.50. The summed E-state index contributed by atoms with van der Waals surface area (Å²) in [6, 6.07) is 0.595. The fourth-order valence-electron chi connectivity index (χ4n) is 1.36. The second-order valence-electron chi connectivity index (χ2n) is 4.29. The molecule has 0 fully saturated rings. The maximum absolute atomic E-state index is 5.50. The maximum Gasteiger partial charge on any atom is 0.324 e. The van der Waals surface area contributed by atoms with Gasteiger partial charge in [0.2, 0.25) is 5.95 Å². The second-order valence-corrected chi connectivity index (χ2v) is 4.29. The highest BCUT2D eigenvalue weighted by Crippen LogP contribution is 2.13. The van der Waals surface area contributed by atoms with E-state index in [-0.39, 0.29) is 6.01 Å². The topological polar surface area (TPSA) is 69.2 Å². The lowest BCUT2D eigenvalue weighted by Crippen LogP contribution is -2.08. The Bertz CT molecular complexity index is 358.